The van der Waals surface area contributed by atoms with E-state index in [9.17, 15) is 4.79 Å². The summed E-state index contributed by atoms with van der Waals surface area (Å²) in [5.74, 6) is -0.248. The summed E-state index contributed by atoms with van der Waals surface area (Å²) >= 11 is 3.36. The number of rotatable bonds is 2. The van der Waals surface area contributed by atoms with Crippen molar-refractivity contribution in [1.82, 2.24) is 0 Å². The SMILES string of the molecule is COC(=O)C1(c2cc(Br)ccc2C#N)CC1. The minimum Gasteiger partial charge on any atom is -0.468 e. The highest BCUT2D eigenvalue weighted by atomic mass is 79.9. The van der Waals surface area contributed by atoms with Crippen molar-refractivity contribution >= 4 is 21.9 Å². The van der Waals surface area contributed by atoms with Crippen LogP contribution in [0, 0.1) is 11.3 Å². The van der Waals surface area contributed by atoms with E-state index < -0.39 is 5.41 Å². The lowest BCUT2D eigenvalue weighted by atomic mass is 9.92. The van der Waals surface area contributed by atoms with Gasteiger partial charge in [-0.05, 0) is 36.6 Å². The van der Waals surface area contributed by atoms with Gasteiger partial charge in [-0.15, -0.1) is 0 Å². The van der Waals surface area contributed by atoms with Crippen LogP contribution in [0.4, 0.5) is 0 Å². The Labute approximate surface area is 102 Å². The molecule has 0 aromatic heterocycles. The highest BCUT2D eigenvalue weighted by molar-refractivity contribution is 9.10. The maximum Gasteiger partial charge on any atom is 0.316 e. The number of nitriles is 1. The van der Waals surface area contributed by atoms with Crippen LogP contribution in [-0.4, -0.2) is 13.1 Å². The van der Waals surface area contributed by atoms with Crippen molar-refractivity contribution in [3.05, 3.63) is 33.8 Å². The van der Waals surface area contributed by atoms with Gasteiger partial charge in [0.1, 0.15) is 0 Å². The fourth-order valence-corrected chi connectivity index (χ4v) is 2.27. The second kappa shape index (κ2) is 3.91. The summed E-state index contributed by atoms with van der Waals surface area (Å²) in [6.45, 7) is 0. The molecule has 1 saturated carbocycles. The van der Waals surface area contributed by atoms with E-state index in [1.165, 1.54) is 7.11 Å². The van der Waals surface area contributed by atoms with Crippen LogP contribution in [-0.2, 0) is 14.9 Å². The summed E-state index contributed by atoms with van der Waals surface area (Å²) in [6, 6.07) is 7.48. The lowest BCUT2D eigenvalue weighted by molar-refractivity contribution is -0.143. The van der Waals surface area contributed by atoms with E-state index >= 15 is 0 Å². The highest BCUT2D eigenvalue weighted by Gasteiger charge is 2.53. The fourth-order valence-electron chi connectivity index (χ4n) is 1.91. The van der Waals surface area contributed by atoms with Crippen LogP contribution in [0.1, 0.15) is 24.0 Å². The Kier molecular flexibility index (Phi) is 2.73. The molecule has 0 N–H and O–H groups in total. The molecule has 3 nitrogen and oxygen atoms in total. The topological polar surface area (TPSA) is 50.1 Å². The zero-order valence-electron chi connectivity index (χ0n) is 8.79. The van der Waals surface area contributed by atoms with Crippen LogP contribution < -0.4 is 0 Å². The van der Waals surface area contributed by atoms with Crippen LogP contribution >= 0.6 is 15.9 Å². The molecular formula is C12H10BrNO2. The third-order valence-electron chi connectivity index (χ3n) is 2.94. The quantitative estimate of drug-likeness (QED) is 0.782. The zero-order valence-corrected chi connectivity index (χ0v) is 10.4. The number of hydrogen-bond acceptors (Lipinski definition) is 3. The largest absolute Gasteiger partial charge is 0.468 e. The Morgan fingerprint density at radius 3 is 2.75 bits per heavy atom. The van der Waals surface area contributed by atoms with E-state index in [2.05, 4.69) is 22.0 Å². The third-order valence-corrected chi connectivity index (χ3v) is 3.44. The molecule has 0 radical (unpaired) electrons. The van der Waals surface area contributed by atoms with Crippen molar-refractivity contribution in [1.29, 1.82) is 5.26 Å². The molecule has 0 amide bonds. The summed E-state index contributed by atoms with van der Waals surface area (Å²) in [7, 11) is 1.38. The molecule has 0 atom stereocenters. The van der Waals surface area contributed by atoms with Gasteiger partial charge in [0.15, 0.2) is 0 Å². The van der Waals surface area contributed by atoms with Crippen LogP contribution in [0.5, 0.6) is 0 Å². The number of benzene rings is 1. The Hall–Kier alpha value is -1.34. The van der Waals surface area contributed by atoms with E-state index in [4.69, 9.17) is 10.00 Å². The summed E-state index contributed by atoms with van der Waals surface area (Å²) in [4.78, 5) is 11.7. The molecule has 0 aliphatic heterocycles. The molecule has 0 spiro atoms. The lowest BCUT2D eigenvalue weighted by Gasteiger charge is -2.14. The van der Waals surface area contributed by atoms with Crippen molar-refractivity contribution < 1.29 is 9.53 Å². The molecule has 82 valence electrons. The van der Waals surface area contributed by atoms with Crippen LogP contribution in [0.2, 0.25) is 0 Å². The normalized spacial score (nSPS) is 16.3. The minimum atomic E-state index is -0.580. The molecule has 0 saturated heterocycles. The zero-order chi connectivity index (χ0) is 11.8. The van der Waals surface area contributed by atoms with Crippen LogP contribution in [0.25, 0.3) is 0 Å². The van der Waals surface area contributed by atoms with Gasteiger partial charge in [0.05, 0.1) is 24.2 Å². The number of ether oxygens (including phenoxy) is 1. The van der Waals surface area contributed by atoms with E-state index in [0.717, 1.165) is 22.9 Å². The smallest absolute Gasteiger partial charge is 0.316 e. The van der Waals surface area contributed by atoms with E-state index in [0.29, 0.717) is 5.56 Å². The number of hydrogen-bond donors (Lipinski definition) is 0. The molecule has 16 heavy (non-hydrogen) atoms. The van der Waals surface area contributed by atoms with Crippen molar-refractivity contribution in [3.8, 4) is 6.07 Å². The van der Waals surface area contributed by atoms with E-state index in [1.807, 2.05) is 6.07 Å². The van der Waals surface area contributed by atoms with Crippen LogP contribution in [0.3, 0.4) is 0 Å². The molecule has 1 aliphatic rings. The average Bonchev–Trinajstić information content (AvgIpc) is 3.09. The maximum atomic E-state index is 11.7. The number of carbonyl (C=O) groups excluding carboxylic acids is 1. The Morgan fingerprint density at radius 2 is 2.25 bits per heavy atom. The van der Waals surface area contributed by atoms with Gasteiger partial charge in [0, 0.05) is 4.47 Å². The predicted octanol–water partition coefficient (Wildman–Crippen LogP) is 2.53. The number of esters is 1. The monoisotopic (exact) mass is 279 g/mol. The van der Waals surface area contributed by atoms with Gasteiger partial charge in [0.25, 0.3) is 0 Å². The first-order valence-electron chi connectivity index (χ1n) is 4.92. The van der Waals surface area contributed by atoms with Gasteiger partial charge in [-0.1, -0.05) is 15.9 Å². The Balaban J connectivity index is 2.52. The van der Waals surface area contributed by atoms with Gasteiger partial charge < -0.3 is 4.74 Å². The van der Waals surface area contributed by atoms with Crippen molar-refractivity contribution in [2.45, 2.75) is 18.3 Å². The summed E-state index contributed by atoms with van der Waals surface area (Å²) in [5, 5.41) is 9.04. The van der Waals surface area contributed by atoms with Gasteiger partial charge in [0.2, 0.25) is 0 Å². The molecular weight excluding hydrogens is 270 g/mol. The van der Waals surface area contributed by atoms with E-state index in [1.54, 1.807) is 12.1 Å². The molecule has 0 heterocycles. The summed E-state index contributed by atoms with van der Waals surface area (Å²) < 4.78 is 5.68. The predicted molar refractivity (Wildman–Crippen MR) is 61.8 cm³/mol. The van der Waals surface area contributed by atoms with Crippen LogP contribution in [0.15, 0.2) is 22.7 Å². The molecule has 0 bridgehead atoms. The standard InChI is InChI=1S/C12H10BrNO2/c1-16-11(15)12(4-5-12)10-6-9(13)3-2-8(10)7-14/h2-3,6H,4-5H2,1H3. The lowest BCUT2D eigenvalue weighted by Crippen LogP contribution is -2.23. The number of halogens is 1. The first-order valence-corrected chi connectivity index (χ1v) is 5.72. The van der Waals surface area contributed by atoms with Crippen molar-refractivity contribution in [2.24, 2.45) is 0 Å². The summed E-state index contributed by atoms with van der Waals surface area (Å²) in [5.41, 5.74) is 0.742. The molecule has 1 aliphatic carbocycles. The number of methoxy groups -OCH3 is 1. The molecule has 0 unspecified atom stereocenters. The number of carbonyl (C=O) groups is 1. The van der Waals surface area contributed by atoms with Crippen molar-refractivity contribution in [2.75, 3.05) is 7.11 Å². The summed E-state index contributed by atoms with van der Waals surface area (Å²) in [6.07, 6.45) is 1.51. The molecule has 1 aromatic rings. The van der Waals surface area contributed by atoms with Gasteiger partial charge in [-0.3, -0.25) is 4.79 Å². The van der Waals surface area contributed by atoms with Crippen molar-refractivity contribution in [3.63, 3.8) is 0 Å². The van der Waals surface area contributed by atoms with Gasteiger partial charge in [-0.2, -0.15) is 5.26 Å². The second-order valence-corrected chi connectivity index (χ2v) is 4.79. The number of nitrogens with zero attached hydrogens (tertiary/aromatic N) is 1. The van der Waals surface area contributed by atoms with Gasteiger partial charge >= 0.3 is 5.97 Å². The molecule has 1 fully saturated rings. The molecule has 2 rings (SSSR count). The fraction of sp³-hybridized carbons (Fsp3) is 0.333. The Morgan fingerprint density at radius 1 is 1.56 bits per heavy atom. The minimum absolute atomic E-state index is 0.248. The molecule has 4 heteroatoms. The first-order chi connectivity index (χ1) is 7.64. The van der Waals surface area contributed by atoms with Gasteiger partial charge in [-0.25, -0.2) is 0 Å². The first kappa shape index (κ1) is 11.2. The van der Waals surface area contributed by atoms with E-state index in [-0.39, 0.29) is 5.97 Å². The second-order valence-electron chi connectivity index (χ2n) is 3.88. The third kappa shape index (κ3) is 1.61. The molecule has 1 aromatic carbocycles. The Bertz CT molecular complexity index is 486. The average molecular weight is 280 g/mol. The highest BCUT2D eigenvalue weighted by Crippen LogP contribution is 2.50. The maximum absolute atomic E-state index is 11.7.